The van der Waals surface area contributed by atoms with Gasteiger partial charge in [-0.25, -0.2) is 9.98 Å². The highest BCUT2D eigenvalue weighted by Crippen LogP contribution is 2.29. The van der Waals surface area contributed by atoms with Gasteiger partial charge in [0.25, 0.3) is 0 Å². The molecular weight excluding hydrogens is 364 g/mol. The van der Waals surface area contributed by atoms with Crippen molar-refractivity contribution in [1.29, 1.82) is 0 Å². The predicted octanol–water partition coefficient (Wildman–Crippen LogP) is 3.10. The summed E-state index contributed by atoms with van der Waals surface area (Å²) in [6.45, 7) is 5.91. The maximum atomic E-state index is 5.77. The molecule has 2 aromatic rings. The molecule has 0 radical (unpaired) electrons. The molecule has 6 heteroatoms. The number of nitrogens with zero attached hydrogens (tertiary/aromatic N) is 2. The van der Waals surface area contributed by atoms with Crippen LogP contribution in [0.5, 0.6) is 11.6 Å². The maximum absolute atomic E-state index is 5.77. The maximum Gasteiger partial charge on any atom is 0.213 e. The number of guanidine groups is 1. The first-order valence-corrected chi connectivity index (χ1v) is 10.6. The summed E-state index contributed by atoms with van der Waals surface area (Å²) in [6.07, 6.45) is 6.32. The number of benzene rings is 1. The Kier molecular flexibility index (Phi) is 6.49. The molecule has 2 aliphatic rings. The summed E-state index contributed by atoms with van der Waals surface area (Å²) in [5.41, 5.74) is 3.74. The van der Waals surface area contributed by atoms with E-state index in [-0.39, 0.29) is 0 Å². The van der Waals surface area contributed by atoms with Gasteiger partial charge in [0.2, 0.25) is 5.88 Å². The van der Waals surface area contributed by atoms with E-state index in [1.165, 1.54) is 24.0 Å². The highest BCUT2D eigenvalue weighted by molar-refractivity contribution is 5.79. The number of pyridine rings is 1. The summed E-state index contributed by atoms with van der Waals surface area (Å²) in [6, 6.07) is 10.5. The molecule has 1 aromatic carbocycles. The Bertz CT molecular complexity index is 849. The molecule has 1 aromatic heterocycles. The highest BCUT2D eigenvalue weighted by Gasteiger charge is 2.22. The Labute approximate surface area is 172 Å². The number of rotatable bonds is 9. The molecule has 29 heavy (non-hydrogen) atoms. The molecule has 1 aliphatic carbocycles. The summed E-state index contributed by atoms with van der Waals surface area (Å²) >= 11 is 0. The lowest BCUT2D eigenvalue weighted by Crippen LogP contribution is -2.38. The second kappa shape index (κ2) is 9.63. The smallest absolute Gasteiger partial charge is 0.213 e. The first-order valence-electron chi connectivity index (χ1n) is 10.6. The SMILES string of the molecule is CCNC(=NCc1ccnc(OCC2CC2)c1)NCCc1ccc2c(c1)CCO2. The quantitative estimate of drug-likeness (QED) is 0.505. The lowest BCUT2D eigenvalue weighted by atomic mass is 10.1. The molecule has 0 bridgehead atoms. The standard InChI is InChI=1S/C23H30N4O2/c1-2-24-23(26-11-7-17-5-6-21-20(13-17)9-12-28-21)27-15-19-8-10-25-22(14-19)29-16-18-3-4-18/h5-6,8,10,13-14,18H,2-4,7,9,11-12,15-16H2,1H3,(H2,24,26,27). The third-order valence-electron chi connectivity index (χ3n) is 5.19. The van der Waals surface area contributed by atoms with Crippen molar-refractivity contribution in [2.24, 2.45) is 10.9 Å². The second-order valence-corrected chi connectivity index (χ2v) is 7.67. The van der Waals surface area contributed by atoms with Gasteiger partial charge in [-0.15, -0.1) is 0 Å². The first-order chi connectivity index (χ1) is 14.3. The van der Waals surface area contributed by atoms with Crippen molar-refractivity contribution in [2.75, 3.05) is 26.3 Å². The lowest BCUT2D eigenvalue weighted by molar-refractivity contribution is 0.288. The summed E-state index contributed by atoms with van der Waals surface area (Å²) in [7, 11) is 0. The van der Waals surface area contributed by atoms with Crippen LogP contribution in [0.2, 0.25) is 0 Å². The van der Waals surface area contributed by atoms with Crippen LogP contribution < -0.4 is 20.1 Å². The molecule has 0 atom stereocenters. The van der Waals surface area contributed by atoms with Crippen LogP contribution in [0, 0.1) is 5.92 Å². The number of hydrogen-bond donors (Lipinski definition) is 2. The van der Waals surface area contributed by atoms with E-state index < -0.39 is 0 Å². The normalized spacial score (nSPS) is 15.6. The van der Waals surface area contributed by atoms with Crippen LogP contribution in [-0.4, -0.2) is 37.2 Å². The Morgan fingerprint density at radius 2 is 2.14 bits per heavy atom. The van der Waals surface area contributed by atoms with Crippen molar-refractivity contribution in [3.05, 3.63) is 53.2 Å². The Morgan fingerprint density at radius 1 is 1.21 bits per heavy atom. The van der Waals surface area contributed by atoms with E-state index in [1.54, 1.807) is 6.20 Å². The third-order valence-corrected chi connectivity index (χ3v) is 5.19. The van der Waals surface area contributed by atoms with E-state index >= 15 is 0 Å². The van der Waals surface area contributed by atoms with Gasteiger partial charge in [0.05, 0.1) is 19.8 Å². The molecule has 1 aliphatic heterocycles. The van der Waals surface area contributed by atoms with Crippen LogP contribution in [0.3, 0.4) is 0 Å². The van der Waals surface area contributed by atoms with Gasteiger partial charge in [-0.1, -0.05) is 12.1 Å². The van der Waals surface area contributed by atoms with Gasteiger partial charge >= 0.3 is 0 Å². The third kappa shape index (κ3) is 5.86. The van der Waals surface area contributed by atoms with Crippen LogP contribution in [0.15, 0.2) is 41.5 Å². The predicted molar refractivity (Wildman–Crippen MR) is 115 cm³/mol. The Morgan fingerprint density at radius 3 is 3.00 bits per heavy atom. The van der Waals surface area contributed by atoms with Crippen molar-refractivity contribution >= 4 is 5.96 Å². The van der Waals surface area contributed by atoms with Gasteiger partial charge < -0.3 is 20.1 Å². The van der Waals surface area contributed by atoms with Crippen molar-refractivity contribution in [3.63, 3.8) is 0 Å². The molecule has 0 saturated heterocycles. The first kappa shape index (κ1) is 19.6. The molecule has 2 heterocycles. The van der Waals surface area contributed by atoms with Gasteiger partial charge in [-0.2, -0.15) is 0 Å². The zero-order valence-electron chi connectivity index (χ0n) is 17.1. The van der Waals surface area contributed by atoms with Crippen LogP contribution in [0.4, 0.5) is 0 Å². The number of nitrogens with one attached hydrogen (secondary N) is 2. The summed E-state index contributed by atoms with van der Waals surface area (Å²) < 4.78 is 11.4. The molecular formula is C23H30N4O2. The molecule has 6 nitrogen and oxygen atoms in total. The molecule has 4 rings (SSSR count). The molecule has 2 N–H and O–H groups in total. The average molecular weight is 395 g/mol. The summed E-state index contributed by atoms with van der Waals surface area (Å²) in [4.78, 5) is 9.01. The van der Waals surface area contributed by atoms with Crippen LogP contribution in [-0.2, 0) is 19.4 Å². The van der Waals surface area contributed by atoms with Crippen molar-refractivity contribution in [3.8, 4) is 11.6 Å². The number of ether oxygens (including phenoxy) is 2. The number of hydrogen-bond acceptors (Lipinski definition) is 4. The van der Waals surface area contributed by atoms with E-state index in [9.17, 15) is 0 Å². The molecule has 1 fully saturated rings. The second-order valence-electron chi connectivity index (χ2n) is 7.67. The zero-order valence-corrected chi connectivity index (χ0v) is 17.1. The monoisotopic (exact) mass is 394 g/mol. The fourth-order valence-corrected chi connectivity index (χ4v) is 3.35. The molecule has 1 saturated carbocycles. The van der Waals surface area contributed by atoms with Crippen molar-refractivity contribution in [2.45, 2.75) is 39.2 Å². The zero-order chi connectivity index (χ0) is 19.9. The fraction of sp³-hybridized carbons (Fsp3) is 0.478. The Balaban J connectivity index is 1.28. The minimum absolute atomic E-state index is 0.591. The van der Waals surface area contributed by atoms with Gasteiger partial charge in [-0.05, 0) is 60.9 Å². The number of fused-ring (bicyclic) bond motifs is 1. The van der Waals surface area contributed by atoms with Gasteiger partial charge in [0, 0.05) is 31.8 Å². The minimum atomic E-state index is 0.591. The fourth-order valence-electron chi connectivity index (χ4n) is 3.35. The number of aliphatic imine (C=N–C) groups is 1. The topological polar surface area (TPSA) is 67.8 Å². The van der Waals surface area contributed by atoms with Crippen LogP contribution in [0.1, 0.15) is 36.5 Å². The number of aromatic nitrogens is 1. The average Bonchev–Trinajstić information content (AvgIpc) is 3.46. The minimum Gasteiger partial charge on any atom is -0.493 e. The van der Waals surface area contributed by atoms with Gasteiger partial charge in [-0.3, -0.25) is 0 Å². The van der Waals surface area contributed by atoms with E-state index in [0.29, 0.717) is 12.4 Å². The summed E-state index contributed by atoms with van der Waals surface area (Å²) in [5.74, 6) is 3.29. The molecule has 0 spiro atoms. The van der Waals surface area contributed by atoms with Crippen molar-refractivity contribution in [1.82, 2.24) is 15.6 Å². The lowest BCUT2D eigenvalue weighted by Gasteiger charge is -2.12. The van der Waals surface area contributed by atoms with Crippen LogP contribution in [0.25, 0.3) is 0 Å². The van der Waals surface area contributed by atoms with Crippen LogP contribution >= 0.6 is 0 Å². The molecule has 0 amide bonds. The van der Waals surface area contributed by atoms with E-state index in [1.807, 2.05) is 12.1 Å². The molecule has 154 valence electrons. The highest BCUT2D eigenvalue weighted by atomic mass is 16.5. The van der Waals surface area contributed by atoms with E-state index in [2.05, 4.69) is 40.7 Å². The largest absolute Gasteiger partial charge is 0.493 e. The Hall–Kier alpha value is -2.76. The van der Waals surface area contributed by atoms with E-state index in [0.717, 1.165) is 62.3 Å². The van der Waals surface area contributed by atoms with E-state index in [4.69, 9.17) is 14.5 Å². The molecule has 0 unspecified atom stereocenters. The van der Waals surface area contributed by atoms with Gasteiger partial charge in [0.15, 0.2) is 5.96 Å². The van der Waals surface area contributed by atoms with Crippen molar-refractivity contribution < 1.29 is 9.47 Å². The summed E-state index contributed by atoms with van der Waals surface area (Å²) in [5, 5.41) is 6.75. The van der Waals surface area contributed by atoms with Gasteiger partial charge in [0.1, 0.15) is 5.75 Å².